The van der Waals surface area contributed by atoms with Gasteiger partial charge in [-0.1, -0.05) is 27.7 Å². The number of carbonyl (C=O) groups is 1. The van der Waals surface area contributed by atoms with Gasteiger partial charge in [-0.15, -0.1) is 0 Å². The molecule has 96 valence electrons. The van der Waals surface area contributed by atoms with E-state index in [0.717, 1.165) is 19.6 Å². The smallest absolute Gasteiger partial charge is 0.311 e. The fraction of sp³-hybridized carbons (Fsp3) is 0.923. The zero-order chi connectivity index (χ0) is 12.8. The van der Waals surface area contributed by atoms with E-state index in [1.165, 1.54) is 0 Å². The number of nitrogens with zero attached hydrogens (tertiary/aromatic N) is 1. The van der Waals surface area contributed by atoms with Crippen LogP contribution in [0.4, 0.5) is 0 Å². The van der Waals surface area contributed by atoms with Gasteiger partial charge in [0.15, 0.2) is 0 Å². The van der Waals surface area contributed by atoms with E-state index in [-0.39, 0.29) is 11.4 Å². The SMILES string of the molecule is CCN(CC)CCOC(=O)C(C)(C)C(C)C. The molecule has 0 saturated carbocycles. The predicted octanol–water partition coefficient (Wildman–Crippen LogP) is 2.55. The number of hydrogen-bond acceptors (Lipinski definition) is 3. The summed E-state index contributed by atoms with van der Waals surface area (Å²) < 4.78 is 5.32. The summed E-state index contributed by atoms with van der Waals surface area (Å²) in [4.78, 5) is 14.1. The fourth-order valence-electron chi connectivity index (χ4n) is 1.23. The van der Waals surface area contributed by atoms with Crippen LogP contribution in [0.5, 0.6) is 0 Å². The summed E-state index contributed by atoms with van der Waals surface area (Å²) >= 11 is 0. The Kier molecular flexibility index (Phi) is 6.65. The molecule has 0 N–H and O–H groups in total. The number of hydrogen-bond donors (Lipinski definition) is 0. The molecule has 0 saturated heterocycles. The van der Waals surface area contributed by atoms with Crippen molar-refractivity contribution in [3.8, 4) is 0 Å². The largest absolute Gasteiger partial charge is 0.464 e. The highest BCUT2D eigenvalue weighted by Crippen LogP contribution is 2.27. The van der Waals surface area contributed by atoms with E-state index in [1.54, 1.807) is 0 Å². The number of carbonyl (C=O) groups excluding carboxylic acids is 1. The lowest BCUT2D eigenvalue weighted by Crippen LogP contribution is -2.34. The van der Waals surface area contributed by atoms with Gasteiger partial charge in [0.25, 0.3) is 0 Å². The maximum Gasteiger partial charge on any atom is 0.311 e. The molecule has 0 fully saturated rings. The molecule has 0 atom stereocenters. The van der Waals surface area contributed by atoms with E-state index >= 15 is 0 Å². The highest BCUT2D eigenvalue weighted by atomic mass is 16.5. The summed E-state index contributed by atoms with van der Waals surface area (Å²) in [5, 5.41) is 0. The third-order valence-electron chi connectivity index (χ3n) is 3.50. The summed E-state index contributed by atoms with van der Waals surface area (Å²) in [5.74, 6) is 0.211. The Morgan fingerprint density at radius 3 is 2.12 bits per heavy atom. The van der Waals surface area contributed by atoms with Crippen molar-refractivity contribution in [3.05, 3.63) is 0 Å². The van der Waals surface area contributed by atoms with Gasteiger partial charge < -0.3 is 9.64 Å². The lowest BCUT2D eigenvalue weighted by Gasteiger charge is -2.27. The molecule has 0 aromatic carbocycles. The Balaban J connectivity index is 3.99. The molecule has 0 aromatic rings. The van der Waals surface area contributed by atoms with Crippen molar-refractivity contribution < 1.29 is 9.53 Å². The topological polar surface area (TPSA) is 29.5 Å². The molecule has 0 radical (unpaired) electrons. The molecule has 0 aliphatic carbocycles. The van der Waals surface area contributed by atoms with Crippen LogP contribution in [0.15, 0.2) is 0 Å². The predicted molar refractivity (Wildman–Crippen MR) is 67.4 cm³/mol. The summed E-state index contributed by atoms with van der Waals surface area (Å²) in [5.41, 5.74) is -0.386. The van der Waals surface area contributed by atoms with Crippen molar-refractivity contribution in [2.75, 3.05) is 26.2 Å². The van der Waals surface area contributed by atoms with Crippen molar-refractivity contribution in [1.29, 1.82) is 0 Å². The summed E-state index contributed by atoms with van der Waals surface area (Å²) in [6, 6.07) is 0. The van der Waals surface area contributed by atoms with Gasteiger partial charge in [-0.3, -0.25) is 4.79 Å². The first kappa shape index (κ1) is 15.4. The maximum absolute atomic E-state index is 11.8. The molecule has 0 rings (SSSR count). The van der Waals surface area contributed by atoms with Crippen LogP contribution in [-0.2, 0) is 9.53 Å². The summed E-state index contributed by atoms with van der Waals surface area (Å²) in [6.07, 6.45) is 0. The Morgan fingerprint density at radius 1 is 1.25 bits per heavy atom. The molecule has 0 aromatic heterocycles. The number of likely N-dealkylation sites (N-methyl/N-ethyl adjacent to an activating group) is 1. The van der Waals surface area contributed by atoms with E-state index in [4.69, 9.17) is 4.74 Å². The minimum atomic E-state index is -0.386. The zero-order valence-corrected chi connectivity index (χ0v) is 11.7. The van der Waals surface area contributed by atoms with E-state index in [2.05, 4.69) is 18.7 Å². The molecule has 0 amide bonds. The van der Waals surface area contributed by atoms with Gasteiger partial charge in [0, 0.05) is 6.54 Å². The monoisotopic (exact) mass is 229 g/mol. The summed E-state index contributed by atoms with van der Waals surface area (Å²) in [6.45, 7) is 15.5. The van der Waals surface area contributed by atoms with Crippen LogP contribution in [-0.4, -0.2) is 37.1 Å². The van der Waals surface area contributed by atoms with Crippen molar-refractivity contribution in [1.82, 2.24) is 4.90 Å². The van der Waals surface area contributed by atoms with Crippen molar-refractivity contribution in [2.45, 2.75) is 41.5 Å². The number of rotatable bonds is 7. The van der Waals surface area contributed by atoms with Crippen LogP contribution in [0.2, 0.25) is 0 Å². The Hall–Kier alpha value is -0.570. The third-order valence-corrected chi connectivity index (χ3v) is 3.50. The van der Waals surface area contributed by atoms with E-state index in [0.29, 0.717) is 12.5 Å². The first-order chi connectivity index (χ1) is 7.36. The first-order valence-electron chi connectivity index (χ1n) is 6.25. The van der Waals surface area contributed by atoms with E-state index < -0.39 is 0 Å². The first-order valence-corrected chi connectivity index (χ1v) is 6.25. The van der Waals surface area contributed by atoms with Crippen LogP contribution >= 0.6 is 0 Å². The van der Waals surface area contributed by atoms with Crippen LogP contribution in [0.25, 0.3) is 0 Å². The Labute approximate surface area is 100 Å². The molecular weight excluding hydrogens is 202 g/mol. The lowest BCUT2D eigenvalue weighted by molar-refractivity contribution is -0.156. The van der Waals surface area contributed by atoms with Crippen molar-refractivity contribution in [3.63, 3.8) is 0 Å². The van der Waals surface area contributed by atoms with Gasteiger partial charge in [0.2, 0.25) is 0 Å². The maximum atomic E-state index is 11.8. The van der Waals surface area contributed by atoms with Crippen LogP contribution in [0.3, 0.4) is 0 Å². The normalized spacial score (nSPS) is 12.2. The van der Waals surface area contributed by atoms with E-state index in [9.17, 15) is 4.79 Å². The standard InChI is InChI=1S/C13H27NO2/c1-7-14(8-2)9-10-16-12(15)13(5,6)11(3)4/h11H,7-10H2,1-6H3. The van der Waals surface area contributed by atoms with Gasteiger partial charge in [-0.25, -0.2) is 0 Å². The highest BCUT2D eigenvalue weighted by molar-refractivity contribution is 5.76. The van der Waals surface area contributed by atoms with Gasteiger partial charge in [-0.2, -0.15) is 0 Å². The quantitative estimate of drug-likeness (QED) is 0.628. The number of esters is 1. The van der Waals surface area contributed by atoms with E-state index in [1.807, 2.05) is 27.7 Å². The minimum absolute atomic E-state index is 0.0883. The molecule has 0 spiro atoms. The molecule has 0 bridgehead atoms. The van der Waals surface area contributed by atoms with Gasteiger partial charge in [0.05, 0.1) is 5.41 Å². The Bertz CT molecular complexity index is 208. The van der Waals surface area contributed by atoms with Gasteiger partial charge in [-0.05, 0) is 32.9 Å². The lowest BCUT2D eigenvalue weighted by atomic mass is 9.81. The van der Waals surface area contributed by atoms with Crippen LogP contribution in [0, 0.1) is 11.3 Å². The summed E-state index contributed by atoms with van der Waals surface area (Å²) in [7, 11) is 0. The molecular formula is C13H27NO2. The molecule has 0 aliphatic heterocycles. The van der Waals surface area contributed by atoms with Crippen molar-refractivity contribution >= 4 is 5.97 Å². The molecule has 16 heavy (non-hydrogen) atoms. The van der Waals surface area contributed by atoms with Crippen LogP contribution in [0.1, 0.15) is 41.5 Å². The van der Waals surface area contributed by atoms with Gasteiger partial charge >= 0.3 is 5.97 Å². The van der Waals surface area contributed by atoms with Gasteiger partial charge in [0.1, 0.15) is 6.61 Å². The second-order valence-corrected chi connectivity index (χ2v) is 5.04. The van der Waals surface area contributed by atoms with Crippen LogP contribution < -0.4 is 0 Å². The molecule has 3 nitrogen and oxygen atoms in total. The Morgan fingerprint density at radius 2 is 1.75 bits per heavy atom. The molecule has 0 aliphatic rings. The fourth-order valence-corrected chi connectivity index (χ4v) is 1.23. The minimum Gasteiger partial charge on any atom is -0.464 e. The molecule has 3 heteroatoms. The second-order valence-electron chi connectivity index (χ2n) is 5.04. The highest BCUT2D eigenvalue weighted by Gasteiger charge is 2.32. The average molecular weight is 229 g/mol. The average Bonchev–Trinajstić information content (AvgIpc) is 2.23. The third kappa shape index (κ3) is 4.52. The molecule has 0 heterocycles. The number of ether oxygens (including phenoxy) is 1. The molecule has 0 unspecified atom stereocenters. The zero-order valence-electron chi connectivity index (χ0n) is 11.7. The second kappa shape index (κ2) is 6.89. The van der Waals surface area contributed by atoms with Crippen molar-refractivity contribution in [2.24, 2.45) is 11.3 Å².